The van der Waals surface area contributed by atoms with E-state index in [4.69, 9.17) is 5.73 Å². The Morgan fingerprint density at radius 3 is 2.76 bits per heavy atom. The van der Waals surface area contributed by atoms with Crippen molar-refractivity contribution in [3.05, 3.63) is 58.6 Å². The number of benzene rings is 2. The first-order chi connectivity index (χ1) is 10.1. The average molecular weight is 280 g/mol. The summed E-state index contributed by atoms with van der Waals surface area (Å²) in [6.45, 7) is 1.82. The number of fused-ring (bicyclic) bond motifs is 1. The molecule has 0 saturated heterocycles. The second-order valence-electron chi connectivity index (χ2n) is 4.88. The third kappa shape index (κ3) is 2.23. The Balaban J connectivity index is 2.34. The van der Waals surface area contributed by atoms with Crippen LogP contribution in [-0.2, 0) is 0 Å². The number of aryl methyl sites for hydroxylation is 1. The number of hydrogen-bond donors (Lipinski definition) is 2. The van der Waals surface area contributed by atoms with E-state index >= 15 is 0 Å². The van der Waals surface area contributed by atoms with Gasteiger partial charge in [-0.25, -0.2) is 4.98 Å². The Bertz CT molecular complexity index is 883. The molecule has 0 fully saturated rings. The van der Waals surface area contributed by atoms with Gasteiger partial charge in [-0.05, 0) is 43.3 Å². The van der Waals surface area contributed by atoms with E-state index in [0.29, 0.717) is 22.4 Å². The fraction of sp³-hybridized carbons (Fsp3) is 0.125. The summed E-state index contributed by atoms with van der Waals surface area (Å²) in [5.74, 6) is 0.644. The third-order valence-corrected chi connectivity index (χ3v) is 3.45. The minimum atomic E-state index is -0.113. The second kappa shape index (κ2) is 4.94. The highest BCUT2D eigenvalue weighted by atomic mass is 16.1. The van der Waals surface area contributed by atoms with Crippen LogP contribution in [0.2, 0.25) is 0 Å². The Hall–Kier alpha value is -2.82. The van der Waals surface area contributed by atoms with Gasteiger partial charge in [0.1, 0.15) is 5.82 Å². The quantitative estimate of drug-likeness (QED) is 0.707. The monoisotopic (exact) mass is 280 g/mol. The molecule has 21 heavy (non-hydrogen) atoms. The lowest BCUT2D eigenvalue weighted by molar-refractivity contribution is 0.895. The Labute approximate surface area is 122 Å². The lowest BCUT2D eigenvalue weighted by atomic mass is 10.2. The molecule has 106 valence electrons. The van der Waals surface area contributed by atoms with Gasteiger partial charge in [0, 0.05) is 18.4 Å². The highest BCUT2D eigenvalue weighted by molar-refractivity contribution is 5.81. The molecule has 0 aliphatic rings. The summed E-state index contributed by atoms with van der Waals surface area (Å²) >= 11 is 0. The van der Waals surface area contributed by atoms with E-state index < -0.39 is 0 Å². The van der Waals surface area contributed by atoms with E-state index in [2.05, 4.69) is 10.3 Å². The number of aromatic nitrogens is 2. The lowest BCUT2D eigenvalue weighted by Crippen LogP contribution is -2.22. The summed E-state index contributed by atoms with van der Waals surface area (Å²) in [6.07, 6.45) is 0. The number of nitrogens with zero attached hydrogens (tertiary/aromatic N) is 2. The summed E-state index contributed by atoms with van der Waals surface area (Å²) in [5.41, 5.74) is 8.60. The molecule has 0 amide bonds. The predicted octanol–water partition coefficient (Wildman–Crippen LogP) is 2.32. The maximum atomic E-state index is 12.7. The maximum Gasteiger partial charge on any atom is 0.266 e. The summed E-state index contributed by atoms with van der Waals surface area (Å²) in [5, 5.41) is 3.59. The summed E-state index contributed by atoms with van der Waals surface area (Å²) < 4.78 is 1.60. The van der Waals surface area contributed by atoms with Crippen molar-refractivity contribution in [3.8, 4) is 5.69 Å². The van der Waals surface area contributed by atoms with E-state index in [1.165, 1.54) is 0 Å². The van der Waals surface area contributed by atoms with Gasteiger partial charge in [-0.15, -0.1) is 0 Å². The topological polar surface area (TPSA) is 72.9 Å². The molecule has 0 unspecified atom stereocenters. The molecule has 2 aromatic carbocycles. The van der Waals surface area contributed by atoms with Crippen LogP contribution in [0.25, 0.3) is 16.6 Å². The van der Waals surface area contributed by atoms with Crippen molar-refractivity contribution in [2.75, 3.05) is 18.1 Å². The molecule has 1 heterocycles. The van der Waals surface area contributed by atoms with Crippen molar-refractivity contribution in [2.45, 2.75) is 6.92 Å². The van der Waals surface area contributed by atoms with Crippen LogP contribution >= 0.6 is 0 Å². The highest BCUT2D eigenvalue weighted by Gasteiger charge is 2.10. The zero-order valence-corrected chi connectivity index (χ0v) is 11.9. The van der Waals surface area contributed by atoms with Crippen molar-refractivity contribution in [1.82, 2.24) is 9.55 Å². The molecule has 5 heteroatoms. The first-order valence-corrected chi connectivity index (χ1v) is 6.67. The summed E-state index contributed by atoms with van der Waals surface area (Å²) in [4.78, 5) is 17.2. The van der Waals surface area contributed by atoms with Gasteiger partial charge in [0.15, 0.2) is 0 Å². The SMILES string of the molecule is CNc1cccc(-n2c(C)nc3ccc(N)cc3c2=O)c1. The first-order valence-electron chi connectivity index (χ1n) is 6.67. The molecule has 0 aliphatic heterocycles. The van der Waals surface area contributed by atoms with Gasteiger partial charge in [-0.2, -0.15) is 0 Å². The molecule has 0 aliphatic carbocycles. The van der Waals surface area contributed by atoms with Crippen molar-refractivity contribution >= 4 is 22.3 Å². The van der Waals surface area contributed by atoms with Crippen molar-refractivity contribution in [3.63, 3.8) is 0 Å². The van der Waals surface area contributed by atoms with Crippen LogP contribution in [0, 0.1) is 6.92 Å². The van der Waals surface area contributed by atoms with Crippen molar-refractivity contribution in [2.24, 2.45) is 0 Å². The molecular weight excluding hydrogens is 264 g/mol. The molecule has 1 aromatic heterocycles. The van der Waals surface area contributed by atoms with Crippen molar-refractivity contribution < 1.29 is 0 Å². The zero-order valence-electron chi connectivity index (χ0n) is 11.9. The molecule has 0 atom stereocenters. The van der Waals surface area contributed by atoms with E-state index in [1.54, 1.807) is 22.8 Å². The second-order valence-corrected chi connectivity index (χ2v) is 4.88. The smallest absolute Gasteiger partial charge is 0.266 e. The molecule has 3 rings (SSSR count). The van der Waals surface area contributed by atoms with Crippen LogP contribution in [0.1, 0.15) is 5.82 Å². The molecule has 5 nitrogen and oxygen atoms in total. The molecular formula is C16H16N4O. The number of anilines is 2. The summed E-state index contributed by atoms with van der Waals surface area (Å²) in [7, 11) is 1.84. The van der Waals surface area contributed by atoms with E-state index in [9.17, 15) is 4.79 Å². The highest BCUT2D eigenvalue weighted by Crippen LogP contribution is 2.17. The Morgan fingerprint density at radius 2 is 2.00 bits per heavy atom. The lowest BCUT2D eigenvalue weighted by Gasteiger charge is -2.12. The number of nitrogen functional groups attached to an aromatic ring is 1. The average Bonchev–Trinajstić information content (AvgIpc) is 2.48. The van der Waals surface area contributed by atoms with E-state index in [1.807, 2.05) is 38.2 Å². The van der Waals surface area contributed by atoms with Crippen LogP contribution in [0.3, 0.4) is 0 Å². The Kier molecular flexibility index (Phi) is 3.10. The van der Waals surface area contributed by atoms with Gasteiger partial charge >= 0.3 is 0 Å². The number of nitrogens with two attached hydrogens (primary N) is 1. The minimum absolute atomic E-state index is 0.113. The van der Waals surface area contributed by atoms with Crippen LogP contribution in [-0.4, -0.2) is 16.6 Å². The minimum Gasteiger partial charge on any atom is -0.399 e. The van der Waals surface area contributed by atoms with Crippen LogP contribution in [0.15, 0.2) is 47.3 Å². The third-order valence-electron chi connectivity index (χ3n) is 3.45. The van der Waals surface area contributed by atoms with Gasteiger partial charge in [-0.1, -0.05) is 6.07 Å². The van der Waals surface area contributed by atoms with Gasteiger partial charge in [0.05, 0.1) is 16.6 Å². The van der Waals surface area contributed by atoms with Crippen LogP contribution < -0.4 is 16.6 Å². The maximum absolute atomic E-state index is 12.7. The molecule has 0 radical (unpaired) electrons. The fourth-order valence-electron chi connectivity index (χ4n) is 2.42. The van der Waals surface area contributed by atoms with Gasteiger partial charge in [0.2, 0.25) is 0 Å². The predicted molar refractivity (Wildman–Crippen MR) is 86.0 cm³/mol. The number of hydrogen-bond acceptors (Lipinski definition) is 4. The van der Waals surface area contributed by atoms with Crippen LogP contribution in [0.5, 0.6) is 0 Å². The van der Waals surface area contributed by atoms with Gasteiger partial charge < -0.3 is 11.1 Å². The fourth-order valence-corrected chi connectivity index (χ4v) is 2.42. The molecule has 0 saturated carbocycles. The molecule has 0 bridgehead atoms. The largest absolute Gasteiger partial charge is 0.399 e. The summed E-state index contributed by atoms with van der Waals surface area (Å²) in [6, 6.07) is 12.8. The standard InChI is InChI=1S/C16H16N4O/c1-10-19-15-7-6-11(17)8-14(15)16(21)20(10)13-5-3-4-12(9-13)18-2/h3-9,18H,17H2,1-2H3. The number of rotatable bonds is 2. The Morgan fingerprint density at radius 1 is 1.19 bits per heavy atom. The van der Waals surface area contributed by atoms with E-state index in [-0.39, 0.29) is 5.56 Å². The normalized spacial score (nSPS) is 10.8. The zero-order chi connectivity index (χ0) is 15.0. The van der Waals surface area contributed by atoms with Crippen LogP contribution in [0.4, 0.5) is 11.4 Å². The molecule has 3 N–H and O–H groups in total. The first kappa shape index (κ1) is 13.2. The van der Waals surface area contributed by atoms with Gasteiger partial charge in [-0.3, -0.25) is 9.36 Å². The van der Waals surface area contributed by atoms with Crippen molar-refractivity contribution in [1.29, 1.82) is 0 Å². The molecule has 0 spiro atoms. The van der Waals surface area contributed by atoms with Gasteiger partial charge in [0.25, 0.3) is 5.56 Å². The number of nitrogens with one attached hydrogen (secondary N) is 1. The molecule has 3 aromatic rings. The van der Waals surface area contributed by atoms with E-state index in [0.717, 1.165) is 11.4 Å².